The lowest BCUT2D eigenvalue weighted by molar-refractivity contribution is 0.658. The Balaban J connectivity index is 2.11. The second-order valence-electron chi connectivity index (χ2n) is 3.92. The zero-order chi connectivity index (χ0) is 13.0. The van der Waals surface area contributed by atoms with Crippen LogP contribution in [0.1, 0.15) is 19.4 Å². The van der Waals surface area contributed by atoms with E-state index in [0.29, 0.717) is 11.0 Å². The summed E-state index contributed by atoms with van der Waals surface area (Å²) >= 11 is 5.79. The highest BCUT2D eigenvalue weighted by Gasteiger charge is 2.09. The van der Waals surface area contributed by atoms with Crippen LogP contribution in [-0.2, 0) is 13.1 Å². The first kappa shape index (κ1) is 12.8. The Morgan fingerprint density at radius 3 is 2.50 bits per heavy atom. The predicted molar refractivity (Wildman–Crippen MR) is 71.7 cm³/mol. The van der Waals surface area contributed by atoms with Crippen molar-refractivity contribution in [3.63, 3.8) is 0 Å². The van der Waals surface area contributed by atoms with E-state index in [0.717, 1.165) is 25.2 Å². The second kappa shape index (κ2) is 5.82. The Labute approximate surface area is 111 Å². The Morgan fingerprint density at radius 1 is 1.22 bits per heavy atom. The zero-order valence-electron chi connectivity index (χ0n) is 10.5. The zero-order valence-corrected chi connectivity index (χ0v) is 11.3. The maximum absolute atomic E-state index is 5.79. The molecule has 2 heterocycles. The summed E-state index contributed by atoms with van der Waals surface area (Å²) in [5.74, 6) is 0.686. The van der Waals surface area contributed by atoms with Crippen molar-refractivity contribution in [3.8, 4) is 0 Å². The number of hydrogen-bond donors (Lipinski definition) is 0. The Morgan fingerprint density at radius 2 is 1.94 bits per heavy atom. The lowest BCUT2D eigenvalue weighted by Gasteiger charge is -2.19. The lowest BCUT2D eigenvalue weighted by atomic mass is 10.3. The van der Waals surface area contributed by atoms with E-state index >= 15 is 0 Å². The number of anilines is 1. The van der Waals surface area contributed by atoms with Crippen LogP contribution < -0.4 is 4.90 Å². The average Bonchev–Trinajstić information content (AvgIpc) is 2.85. The van der Waals surface area contributed by atoms with Gasteiger partial charge < -0.3 is 4.90 Å². The molecular formula is C12H16ClN5. The van der Waals surface area contributed by atoms with Gasteiger partial charge in [0.15, 0.2) is 0 Å². The molecule has 0 aromatic carbocycles. The molecule has 0 bridgehead atoms. The van der Waals surface area contributed by atoms with Crippen LogP contribution in [0.25, 0.3) is 0 Å². The summed E-state index contributed by atoms with van der Waals surface area (Å²) in [6, 6.07) is 0. The molecule has 2 aromatic rings. The van der Waals surface area contributed by atoms with Gasteiger partial charge in [-0.15, -0.1) is 0 Å². The standard InChI is InChI=1S/C12H16ClN5/c1-3-17(12-14-6-11(13)7-15-12)8-10-5-16-18(4-2)9-10/h5-7,9H,3-4,8H2,1-2H3. The highest BCUT2D eigenvalue weighted by atomic mass is 35.5. The minimum absolute atomic E-state index is 0.550. The first-order valence-electron chi connectivity index (χ1n) is 5.96. The molecule has 0 spiro atoms. The molecule has 0 amide bonds. The van der Waals surface area contributed by atoms with Gasteiger partial charge in [0.05, 0.1) is 23.6 Å². The number of aryl methyl sites for hydroxylation is 1. The van der Waals surface area contributed by atoms with Crippen molar-refractivity contribution in [2.75, 3.05) is 11.4 Å². The normalized spacial score (nSPS) is 10.6. The van der Waals surface area contributed by atoms with Crippen LogP contribution in [0.15, 0.2) is 24.8 Å². The molecule has 0 atom stereocenters. The van der Waals surface area contributed by atoms with Gasteiger partial charge in [0.2, 0.25) is 5.95 Å². The van der Waals surface area contributed by atoms with Crippen molar-refractivity contribution in [1.82, 2.24) is 19.7 Å². The van der Waals surface area contributed by atoms with Crippen LogP contribution >= 0.6 is 11.6 Å². The van der Waals surface area contributed by atoms with Crippen molar-refractivity contribution in [2.24, 2.45) is 0 Å². The molecule has 0 saturated carbocycles. The summed E-state index contributed by atoms with van der Waals surface area (Å²) in [5, 5.41) is 4.81. The average molecular weight is 266 g/mol. The minimum atomic E-state index is 0.550. The first-order chi connectivity index (χ1) is 8.72. The lowest BCUT2D eigenvalue weighted by Crippen LogP contribution is -2.23. The van der Waals surface area contributed by atoms with Crippen molar-refractivity contribution >= 4 is 17.5 Å². The van der Waals surface area contributed by atoms with Gasteiger partial charge in [-0.2, -0.15) is 5.10 Å². The van der Waals surface area contributed by atoms with E-state index in [1.54, 1.807) is 12.4 Å². The number of aromatic nitrogens is 4. The summed E-state index contributed by atoms with van der Waals surface area (Å²) in [6.07, 6.45) is 7.14. The molecule has 0 aliphatic heterocycles. The SMILES string of the molecule is CCN(Cc1cnn(CC)c1)c1ncc(Cl)cn1. The van der Waals surface area contributed by atoms with E-state index in [1.165, 1.54) is 0 Å². The largest absolute Gasteiger partial charge is 0.337 e. The van der Waals surface area contributed by atoms with Crippen LogP contribution in [0.2, 0.25) is 5.02 Å². The molecule has 0 N–H and O–H groups in total. The summed E-state index contributed by atoms with van der Waals surface area (Å²) in [7, 11) is 0. The predicted octanol–water partition coefficient (Wildman–Crippen LogP) is 2.37. The smallest absolute Gasteiger partial charge is 0.225 e. The molecule has 2 rings (SSSR count). The van der Waals surface area contributed by atoms with Crippen molar-refractivity contribution in [1.29, 1.82) is 0 Å². The van der Waals surface area contributed by atoms with Crippen molar-refractivity contribution in [2.45, 2.75) is 26.9 Å². The monoisotopic (exact) mass is 265 g/mol. The van der Waals surface area contributed by atoms with Gasteiger partial charge in [0.25, 0.3) is 0 Å². The van der Waals surface area contributed by atoms with Gasteiger partial charge in [-0.3, -0.25) is 4.68 Å². The number of halogens is 1. The van der Waals surface area contributed by atoms with Gasteiger partial charge >= 0.3 is 0 Å². The molecular weight excluding hydrogens is 250 g/mol. The molecule has 0 radical (unpaired) electrons. The molecule has 96 valence electrons. The molecule has 0 aliphatic rings. The third-order valence-corrected chi connectivity index (χ3v) is 2.85. The fraction of sp³-hybridized carbons (Fsp3) is 0.417. The minimum Gasteiger partial charge on any atom is -0.337 e. The van der Waals surface area contributed by atoms with Gasteiger partial charge in [0, 0.05) is 31.4 Å². The fourth-order valence-corrected chi connectivity index (χ4v) is 1.77. The molecule has 0 aliphatic carbocycles. The third-order valence-electron chi connectivity index (χ3n) is 2.66. The maximum Gasteiger partial charge on any atom is 0.225 e. The summed E-state index contributed by atoms with van der Waals surface area (Å²) in [5.41, 5.74) is 1.15. The van der Waals surface area contributed by atoms with Gasteiger partial charge in [-0.05, 0) is 13.8 Å². The van der Waals surface area contributed by atoms with Crippen LogP contribution in [0.5, 0.6) is 0 Å². The summed E-state index contributed by atoms with van der Waals surface area (Å²) in [4.78, 5) is 10.5. The van der Waals surface area contributed by atoms with E-state index < -0.39 is 0 Å². The molecule has 18 heavy (non-hydrogen) atoms. The maximum atomic E-state index is 5.79. The Kier molecular flexibility index (Phi) is 4.15. The summed E-state index contributed by atoms with van der Waals surface area (Å²) < 4.78 is 1.91. The molecule has 0 saturated heterocycles. The van der Waals surface area contributed by atoms with Crippen LogP contribution in [0.4, 0.5) is 5.95 Å². The second-order valence-corrected chi connectivity index (χ2v) is 4.36. The van der Waals surface area contributed by atoms with E-state index in [1.807, 2.05) is 17.1 Å². The molecule has 0 fully saturated rings. The molecule has 5 nitrogen and oxygen atoms in total. The Bertz CT molecular complexity index is 493. The van der Waals surface area contributed by atoms with E-state index in [-0.39, 0.29) is 0 Å². The Hall–Kier alpha value is -1.62. The number of hydrogen-bond acceptors (Lipinski definition) is 4. The van der Waals surface area contributed by atoms with Crippen LogP contribution in [0, 0.1) is 0 Å². The van der Waals surface area contributed by atoms with Crippen LogP contribution in [0.3, 0.4) is 0 Å². The number of nitrogens with zero attached hydrogens (tertiary/aromatic N) is 5. The van der Waals surface area contributed by atoms with E-state index in [4.69, 9.17) is 11.6 Å². The molecule has 2 aromatic heterocycles. The van der Waals surface area contributed by atoms with Crippen molar-refractivity contribution < 1.29 is 0 Å². The van der Waals surface area contributed by atoms with Crippen LogP contribution in [-0.4, -0.2) is 26.3 Å². The highest BCUT2D eigenvalue weighted by molar-refractivity contribution is 6.30. The molecule has 6 heteroatoms. The highest BCUT2D eigenvalue weighted by Crippen LogP contribution is 2.13. The third kappa shape index (κ3) is 2.98. The van der Waals surface area contributed by atoms with Crippen molar-refractivity contribution in [3.05, 3.63) is 35.4 Å². The van der Waals surface area contributed by atoms with Gasteiger partial charge in [-0.25, -0.2) is 9.97 Å². The first-order valence-corrected chi connectivity index (χ1v) is 6.34. The van der Waals surface area contributed by atoms with Gasteiger partial charge in [-0.1, -0.05) is 11.6 Å². The van der Waals surface area contributed by atoms with Gasteiger partial charge in [0.1, 0.15) is 0 Å². The number of rotatable bonds is 5. The quantitative estimate of drug-likeness (QED) is 0.833. The van der Waals surface area contributed by atoms with E-state index in [2.05, 4.69) is 33.8 Å². The summed E-state index contributed by atoms with van der Waals surface area (Å²) in [6.45, 7) is 6.60. The van der Waals surface area contributed by atoms with E-state index in [9.17, 15) is 0 Å². The molecule has 0 unspecified atom stereocenters. The topological polar surface area (TPSA) is 46.8 Å². The fourth-order valence-electron chi connectivity index (χ4n) is 1.67.